The number of rotatable bonds is 9. The molecule has 0 spiro atoms. The van der Waals surface area contributed by atoms with E-state index in [1.807, 2.05) is 19.1 Å². The first-order valence-corrected chi connectivity index (χ1v) is 15.9. The van der Waals surface area contributed by atoms with E-state index in [1.54, 1.807) is 0 Å². The summed E-state index contributed by atoms with van der Waals surface area (Å²) in [7, 11) is 5.06. The van der Waals surface area contributed by atoms with Crippen LogP contribution in [0.5, 0.6) is 0 Å². The Labute approximate surface area is 196 Å². The minimum Gasteiger partial charge on any atom is -0.360 e. The Morgan fingerprint density at radius 3 is 2.84 bits per heavy atom. The molecule has 2 aliphatic rings. The molecular weight excluding hydrogens is 409 g/mol. The minimum atomic E-state index is -1.10. The molecular formula is C26H38BN3OSi. The molecule has 1 fully saturated rings. The van der Waals surface area contributed by atoms with E-state index in [0.717, 1.165) is 66.3 Å². The molecule has 0 saturated heterocycles. The highest BCUT2D eigenvalue weighted by molar-refractivity contribution is 6.76. The third-order valence-corrected chi connectivity index (χ3v) is 9.00. The second-order valence-corrected chi connectivity index (χ2v) is 17.0. The van der Waals surface area contributed by atoms with Crippen LogP contribution in [0.4, 0.5) is 5.69 Å². The number of hydrogen-bond acceptors (Lipinski definition) is 3. The lowest BCUT2D eigenvalue weighted by molar-refractivity contribution is 0.0755. The Kier molecular flexibility index (Phi) is 6.57. The van der Waals surface area contributed by atoms with Gasteiger partial charge in [0, 0.05) is 25.9 Å². The van der Waals surface area contributed by atoms with E-state index in [0.29, 0.717) is 12.1 Å². The highest BCUT2D eigenvalue weighted by Gasteiger charge is 2.54. The van der Waals surface area contributed by atoms with Gasteiger partial charge in [0.15, 0.2) is 0 Å². The Bertz CT molecular complexity index is 1020. The Morgan fingerprint density at radius 1 is 1.34 bits per heavy atom. The summed E-state index contributed by atoms with van der Waals surface area (Å²) in [6, 6.07) is 7.17. The molecule has 2 aliphatic carbocycles. The topological polar surface area (TPSA) is 39.4 Å². The first-order valence-electron chi connectivity index (χ1n) is 12.2. The summed E-state index contributed by atoms with van der Waals surface area (Å²) >= 11 is 0. The van der Waals surface area contributed by atoms with Gasteiger partial charge in [-0.15, -0.1) is 0 Å². The number of fused-ring (bicyclic) bond motifs is 2. The number of aliphatic imine (C=N–C) groups is 1. The van der Waals surface area contributed by atoms with Crippen LogP contribution in [0, 0.1) is 18.3 Å². The first-order chi connectivity index (χ1) is 15.1. The smallest absolute Gasteiger partial charge is 0.139 e. The Hall–Kier alpha value is -1.66. The molecule has 2 radical (unpaired) electrons. The number of benzene rings is 1. The summed E-state index contributed by atoms with van der Waals surface area (Å²) in [4.78, 5) is 5.11. The Morgan fingerprint density at radius 2 is 2.12 bits per heavy atom. The van der Waals surface area contributed by atoms with Crippen molar-refractivity contribution in [3.63, 3.8) is 0 Å². The van der Waals surface area contributed by atoms with Crippen molar-refractivity contribution in [3.05, 3.63) is 40.7 Å². The molecule has 1 aromatic carbocycles. The van der Waals surface area contributed by atoms with Crippen LogP contribution in [0.3, 0.4) is 0 Å². The van der Waals surface area contributed by atoms with Gasteiger partial charge in [0.25, 0.3) is 0 Å². The molecule has 4 nitrogen and oxygen atoms in total. The second kappa shape index (κ2) is 8.94. The van der Waals surface area contributed by atoms with Gasteiger partial charge in [0.05, 0.1) is 11.4 Å². The first kappa shape index (κ1) is 23.5. The SMILES string of the molecule is [B]c1cccc(N=C(CCC)c2nn(COCC[Si](C)(C)C)c3c2C[C@@H]2C[C@]2(C)C3)c1C. The molecule has 0 unspecified atom stereocenters. The molecule has 0 amide bonds. The fourth-order valence-corrected chi connectivity index (χ4v) is 5.61. The number of ether oxygens (including phenoxy) is 1. The molecule has 4 rings (SSSR count). The molecule has 170 valence electrons. The van der Waals surface area contributed by atoms with Crippen molar-refractivity contribution in [2.75, 3.05) is 6.61 Å². The zero-order valence-electron chi connectivity index (χ0n) is 20.8. The molecule has 6 heteroatoms. The van der Waals surface area contributed by atoms with Crippen molar-refractivity contribution in [3.8, 4) is 0 Å². The standard InChI is InChI=1S/C26H38BN3OSi/c1-7-9-23(28-22-11-8-10-21(27)18(22)2)25-20-14-19-15-26(19,3)16-24(20)30(29-25)17-31-12-13-32(4,5)6/h8,10-11,19H,7,9,12-17H2,1-6H3/t19-,26-/m1/s1. The van der Waals surface area contributed by atoms with Crippen molar-refractivity contribution in [1.29, 1.82) is 0 Å². The van der Waals surface area contributed by atoms with Gasteiger partial charge in [0.1, 0.15) is 20.3 Å². The summed E-state index contributed by atoms with van der Waals surface area (Å²) in [6.45, 7) is 15.2. The average molecular weight is 448 g/mol. The van der Waals surface area contributed by atoms with Crippen molar-refractivity contribution >= 4 is 32.8 Å². The number of aromatic nitrogens is 2. The molecule has 2 aromatic rings. The lowest BCUT2D eigenvalue weighted by Gasteiger charge is -2.21. The fraction of sp³-hybridized carbons (Fsp3) is 0.615. The van der Waals surface area contributed by atoms with Gasteiger partial charge in [-0.1, -0.05) is 57.5 Å². The van der Waals surface area contributed by atoms with E-state index in [9.17, 15) is 0 Å². The van der Waals surface area contributed by atoms with Gasteiger partial charge < -0.3 is 4.74 Å². The second-order valence-electron chi connectivity index (χ2n) is 11.4. The summed E-state index contributed by atoms with van der Waals surface area (Å²) in [5.74, 6) is 0.788. The molecule has 0 aliphatic heterocycles. The van der Waals surface area contributed by atoms with Gasteiger partial charge in [-0.2, -0.15) is 5.10 Å². The van der Waals surface area contributed by atoms with Crippen molar-refractivity contribution in [2.45, 2.75) is 85.3 Å². The van der Waals surface area contributed by atoms with Crippen LogP contribution in [0.2, 0.25) is 25.7 Å². The van der Waals surface area contributed by atoms with Crippen LogP contribution in [0.15, 0.2) is 23.2 Å². The molecule has 32 heavy (non-hydrogen) atoms. The van der Waals surface area contributed by atoms with Crippen LogP contribution >= 0.6 is 0 Å². The minimum absolute atomic E-state index is 0.451. The number of hydrogen-bond donors (Lipinski definition) is 0. The van der Waals surface area contributed by atoms with Gasteiger partial charge in [-0.25, -0.2) is 4.68 Å². The maximum absolute atomic E-state index is 6.16. The van der Waals surface area contributed by atoms with Gasteiger partial charge >= 0.3 is 0 Å². The number of nitrogens with zero attached hydrogens (tertiary/aromatic N) is 3. The van der Waals surface area contributed by atoms with Crippen molar-refractivity contribution < 1.29 is 4.74 Å². The maximum atomic E-state index is 6.16. The molecule has 0 N–H and O–H groups in total. The largest absolute Gasteiger partial charge is 0.360 e. The summed E-state index contributed by atoms with van der Waals surface area (Å²) < 4.78 is 8.27. The summed E-state index contributed by atoms with van der Waals surface area (Å²) in [5.41, 5.74) is 8.19. The Balaban J connectivity index is 1.67. The zero-order chi connectivity index (χ0) is 23.1. The van der Waals surface area contributed by atoms with E-state index in [1.165, 1.54) is 23.7 Å². The normalized spacial score (nSPS) is 22.6. The third-order valence-electron chi connectivity index (χ3n) is 7.30. The van der Waals surface area contributed by atoms with Gasteiger partial charge in [-0.3, -0.25) is 4.99 Å². The zero-order valence-corrected chi connectivity index (χ0v) is 21.8. The molecule has 1 saturated carbocycles. The molecule has 2 atom stereocenters. The third kappa shape index (κ3) is 4.96. The monoisotopic (exact) mass is 447 g/mol. The van der Waals surface area contributed by atoms with Crippen LogP contribution < -0.4 is 5.46 Å². The van der Waals surface area contributed by atoms with E-state index in [-0.39, 0.29) is 0 Å². The van der Waals surface area contributed by atoms with Crippen LogP contribution in [0.25, 0.3) is 0 Å². The van der Waals surface area contributed by atoms with Crippen molar-refractivity contribution in [2.24, 2.45) is 16.3 Å². The summed E-state index contributed by atoms with van der Waals surface area (Å²) in [5, 5.41) is 5.12. The van der Waals surface area contributed by atoms with Crippen molar-refractivity contribution in [1.82, 2.24) is 9.78 Å². The molecule has 0 bridgehead atoms. The lowest BCUT2D eigenvalue weighted by Crippen LogP contribution is -2.23. The highest BCUT2D eigenvalue weighted by atomic mass is 28.3. The quantitative estimate of drug-likeness (QED) is 0.296. The van der Waals surface area contributed by atoms with E-state index < -0.39 is 8.07 Å². The highest BCUT2D eigenvalue weighted by Crippen LogP contribution is 2.59. The molecule has 1 aromatic heterocycles. The summed E-state index contributed by atoms with van der Waals surface area (Å²) in [6.07, 6.45) is 5.50. The fourth-order valence-electron chi connectivity index (χ4n) is 4.85. The average Bonchev–Trinajstić information content (AvgIpc) is 3.27. The van der Waals surface area contributed by atoms with E-state index in [4.69, 9.17) is 22.7 Å². The van der Waals surface area contributed by atoms with Crippen LogP contribution in [-0.4, -0.2) is 38.0 Å². The van der Waals surface area contributed by atoms with Crippen LogP contribution in [0.1, 0.15) is 55.6 Å². The predicted molar refractivity (Wildman–Crippen MR) is 138 cm³/mol. The molecule has 1 heterocycles. The predicted octanol–water partition coefficient (Wildman–Crippen LogP) is 5.34. The lowest BCUT2D eigenvalue weighted by atomic mass is 9.86. The van der Waals surface area contributed by atoms with E-state index >= 15 is 0 Å². The maximum Gasteiger partial charge on any atom is 0.139 e. The van der Waals surface area contributed by atoms with Crippen LogP contribution in [-0.2, 0) is 24.3 Å². The van der Waals surface area contributed by atoms with Gasteiger partial charge in [-0.05, 0) is 61.6 Å². The van der Waals surface area contributed by atoms with E-state index in [2.05, 4.69) is 44.2 Å². The van der Waals surface area contributed by atoms with Gasteiger partial charge in [0.2, 0.25) is 0 Å².